The van der Waals surface area contributed by atoms with E-state index in [0.717, 1.165) is 29.8 Å². The van der Waals surface area contributed by atoms with E-state index >= 15 is 0 Å². The van der Waals surface area contributed by atoms with E-state index in [2.05, 4.69) is 17.4 Å². The molecule has 0 radical (unpaired) electrons. The minimum Gasteiger partial charge on any atom is -0.360 e. The monoisotopic (exact) mass is 317 g/mol. The molecule has 0 bridgehead atoms. The maximum Gasteiger partial charge on any atom is 0.233 e. The van der Waals surface area contributed by atoms with Crippen LogP contribution >= 0.6 is 0 Å². The third kappa shape index (κ3) is 6.16. The summed E-state index contributed by atoms with van der Waals surface area (Å²) in [5.74, 6) is 0.552. The second-order valence-electron chi connectivity index (χ2n) is 4.94. The molecule has 0 saturated carbocycles. The van der Waals surface area contributed by atoms with Crippen molar-refractivity contribution in [2.75, 3.05) is 23.7 Å². The van der Waals surface area contributed by atoms with Gasteiger partial charge in [0.05, 0.1) is 6.26 Å². The maximum absolute atomic E-state index is 11.8. The number of hydrogen-bond donors (Lipinski definition) is 1. The van der Waals surface area contributed by atoms with Crippen molar-refractivity contribution in [3.63, 3.8) is 0 Å². The van der Waals surface area contributed by atoms with Crippen molar-refractivity contribution in [2.45, 2.75) is 39.5 Å². The zero-order valence-electron chi connectivity index (χ0n) is 12.8. The smallest absolute Gasteiger partial charge is 0.233 e. The van der Waals surface area contributed by atoms with Gasteiger partial charge in [0.25, 0.3) is 0 Å². The molecule has 0 atom stereocenters. The average Bonchev–Trinajstić information content (AvgIpc) is 2.80. The molecule has 0 aromatic carbocycles. The lowest BCUT2D eigenvalue weighted by Gasteiger charge is -2.18. The summed E-state index contributed by atoms with van der Waals surface area (Å²) in [5.41, 5.74) is 0. The van der Waals surface area contributed by atoms with Crippen molar-refractivity contribution in [1.82, 2.24) is 10.5 Å². The summed E-state index contributed by atoms with van der Waals surface area (Å²) in [5, 5.41) is 6.46. The molecule has 1 rings (SSSR count). The number of rotatable bonds is 9. The van der Waals surface area contributed by atoms with E-state index in [1.165, 1.54) is 6.07 Å². The summed E-state index contributed by atoms with van der Waals surface area (Å²) in [7, 11) is -3.50. The number of aromatic nitrogens is 1. The van der Waals surface area contributed by atoms with Gasteiger partial charge in [0.2, 0.25) is 15.9 Å². The van der Waals surface area contributed by atoms with E-state index in [9.17, 15) is 13.2 Å². The Balaban J connectivity index is 2.54. The fraction of sp³-hybridized carbons (Fsp3) is 0.692. The summed E-state index contributed by atoms with van der Waals surface area (Å²) in [6.07, 6.45) is 4.25. The summed E-state index contributed by atoms with van der Waals surface area (Å²) in [4.78, 5) is 11.7. The topological polar surface area (TPSA) is 92.5 Å². The Morgan fingerprint density at radius 2 is 2.14 bits per heavy atom. The Kier molecular flexibility index (Phi) is 6.67. The quantitative estimate of drug-likeness (QED) is 0.696. The summed E-state index contributed by atoms with van der Waals surface area (Å²) in [6, 6.07) is 1.53. The Bertz CT molecular complexity index is 554. The van der Waals surface area contributed by atoms with Gasteiger partial charge in [-0.1, -0.05) is 24.9 Å². The number of carbonyl (C=O) groups is 1. The molecule has 0 aliphatic rings. The van der Waals surface area contributed by atoms with E-state index in [1.807, 2.05) is 0 Å². The van der Waals surface area contributed by atoms with Crippen LogP contribution in [0.1, 0.15) is 38.4 Å². The molecular formula is C13H23N3O4S. The highest BCUT2D eigenvalue weighted by Gasteiger charge is 2.21. The van der Waals surface area contributed by atoms with Gasteiger partial charge >= 0.3 is 0 Å². The van der Waals surface area contributed by atoms with Gasteiger partial charge in [0.15, 0.2) is 5.82 Å². The van der Waals surface area contributed by atoms with Crippen molar-refractivity contribution < 1.29 is 17.7 Å². The Hall–Kier alpha value is -1.57. The number of nitrogens with one attached hydrogen (secondary N) is 1. The largest absolute Gasteiger partial charge is 0.360 e. The molecule has 1 heterocycles. The number of amides is 1. The molecule has 1 N–H and O–H groups in total. The zero-order valence-corrected chi connectivity index (χ0v) is 13.6. The fourth-order valence-corrected chi connectivity index (χ4v) is 2.66. The molecular weight excluding hydrogens is 294 g/mol. The standard InChI is InChI=1S/C13H23N3O4S/c1-4-5-6-8-14-13(17)7-9-16(21(3,18)19)12-10-11(2)20-15-12/h10H,4-9H2,1-3H3,(H,14,17). The second-order valence-corrected chi connectivity index (χ2v) is 6.84. The van der Waals surface area contributed by atoms with Gasteiger partial charge in [-0.3, -0.25) is 9.10 Å². The van der Waals surface area contributed by atoms with Gasteiger partial charge in [0.1, 0.15) is 5.76 Å². The molecule has 1 amide bonds. The highest BCUT2D eigenvalue weighted by molar-refractivity contribution is 7.92. The lowest BCUT2D eigenvalue weighted by atomic mass is 10.2. The number of unbranched alkanes of at least 4 members (excludes halogenated alkanes) is 2. The normalized spacial score (nSPS) is 11.4. The van der Waals surface area contributed by atoms with Gasteiger partial charge < -0.3 is 9.84 Å². The highest BCUT2D eigenvalue weighted by atomic mass is 32.2. The molecule has 0 fully saturated rings. The Labute approximate surface area is 125 Å². The number of sulfonamides is 1. The van der Waals surface area contributed by atoms with Crippen LogP contribution < -0.4 is 9.62 Å². The van der Waals surface area contributed by atoms with Crippen molar-refractivity contribution in [1.29, 1.82) is 0 Å². The molecule has 1 aromatic rings. The average molecular weight is 317 g/mol. The van der Waals surface area contributed by atoms with Crippen LogP contribution in [0.5, 0.6) is 0 Å². The van der Waals surface area contributed by atoms with Crippen molar-refractivity contribution >= 4 is 21.7 Å². The first kappa shape index (κ1) is 17.5. The third-order valence-corrected chi connectivity index (χ3v) is 4.09. The van der Waals surface area contributed by atoms with Crippen LogP contribution in [0.25, 0.3) is 0 Å². The molecule has 0 spiro atoms. The Morgan fingerprint density at radius 1 is 1.43 bits per heavy atom. The van der Waals surface area contributed by atoms with Crippen LogP contribution in [-0.2, 0) is 14.8 Å². The van der Waals surface area contributed by atoms with E-state index in [1.54, 1.807) is 6.92 Å². The SMILES string of the molecule is CCCCCNC(=O)CCN(c1cc(C)on1)S(C)(=O)=O. The maximum atomic E-state index is 11.8. The van der Waals surface area contributed by atoms with Crippen LogP contribution in [0.2, 0.25) is 0 Å². The number of nitrogens with zero attached hydrogens (tertiary/aromatic N) is 2. The van der Waals surface area contributed by atoms with E-state index < -0.39 is 10.0 Å². The van der Waals surface area contributed by atoms with Crippen LogP contribution in [0.3, 0.4) is 0 Å². The molecule has 0 unspecified atom stereocenters. The van der Waals surface area contributed by atoms with E-state index in [4.69, 9.17) is 4.52 Å². The van der Waals surface area contributed by atoms with Gasteiger partial charge in [0, 0.05) is 25.6 Å². The predicted octanol–water partition coefficient (Wildman–Crippen LogP) is 1.45. The summed E-state index contributed by atoms with van der Waals surface area (Å²) in [6.45, 7) is 4.43. The fourth-order valence-electron chi connectivity index (χ4n) is 1.82. The highest BCUT2D eigenvalue weighted by Crippen LogP contribution is 2.17. The first-order chi connectivity index (χ1) is 9.84. The predicted molar refractivity (Wildman–Crippen MR) is 80.6 cm³/mol. The first-order valence-corrected chi connectivity index (χ1v) is 8.87. The van der Waals surface area contributed by atoms with Crippen molar-refractivity contribution in [3.8, 4) is 0 Å². The van der Waals surface area contributed by atoms with Gasteiger partial charge in [-0.25, -0.2) is 8.42 Å². The van der Waals surface area contributed by atoms with Crippen LogP contribution in [0.4, 0.5) is 5.82 Å². The molecule has 1 aromatic heterocycles. The third-order valence-electron chi connectivity index (χ3n) is 2.92. The molecule has 0 aliphatic carbocycles. The second kappa shape index (κ2) is 8.02. The number of anilines is 1. The van der Waals surface area contributed by atoms with Gasteiger partial charge in [-0.05, 0) is 13.3 Å². The lowest BCUT2D eigenvalue weighted by molar-refractivity contribution is -0.120. The van der Waals surface area contributed by atoms with E-state index in [-0.39, 0.29) is 24.7 Å². The molecule has 0 aliphatic heterocycles. The number of aryl methyl sites for hydroxylation is 1. The number of hydrogen-bond acceptors (Lipinski definition) is 5. The molecule has 120 valence electrons. The van der Waals surface area contributed by atoms with Gasteiger partial charge in [-0.2, -0.15) is 0 Å². The first-order valence-electron chi connectivity index (χ1n) is 7.02. The van der Waals surface area contributed by atoms with Crippen molar-refractivity contribution in [2.24, 2.45) is 0 Å². The molecule has 8 heteroatoms. The Morgan fingerprint density at radius 3 is 2.67 bits per heavy atom. The van der Waals surface area contributed by atoms with Gasteiger partial charge in [-0.15, -0.1) is 0 Å². The van der Waals surface area contributed by atoms with Crippen molar-refractivity contribution in [3.05, 3.63) is 11.8 Å². The van der Waals surface area contributed by atoms with Crippen LogP contribution in [0.15, 0.2) is 10.6 Å². The number of carbonyl (C=O) groups excluding carboxylic acids is 1. The molecule has 21 heavy (non-hydrogen) atoms. The lowest BCUT2D eigenvalue weighted by Crippen LogP contribution is -2.35. The summed E-state index contributed by atoms with van der Waals surface area (Å²) < 4.78 is 29.5. The summed E-state index contributed by atoms with van der Waals surface area (Å²) >= 11 is 0. The minimum absolute atomic E-state index is 0.0460. The molecule has 7 nitrogen and oxygen atoms in total. The van der Waals surface area contributed by atoms with E-state index in [0.29, 0.717) is 12.3 Å². The minimum atomic E-state index is -3.50. The van der Waals surface area contributed by atoms with Crippen LogP contribution in [-0.4, -0.2) is 38.8 Å². The molecule has 0 saturated heterocycles. The zero-order chi connectivity index (χ0) is 15.9. The van der Waals surface area contributed by atoms with Crippen LogP contribution in [0, 0.1) is 6.92 Å².